The van der Waals surface area contributed by atoms with Gasteiger partial charge < -0.3 is 9.64 Å². The molecule has 0 N–H and O–H groups in total. The molecule has 0 fully saturated rings. The van der Waals surface area contributed by atoms with Crippen LogP contribution in [0.5, 0.6) is 5.75 Å². The number of hydrogen-bond donors (Lipinski definition) is 0. The number of thiazole rings is 1. The normalized spacial score (nSPS) is 11.5. The van der Waals surface area contributed by atoms with Crippen LogP contribution in [-0.4, -0.2) is 29.4 Å². The SMILES string of the molecule is CN(Cc1nc2ccccc2s1)C(=O)COc1ccc(C(C)(C)C)cc1. The molecule has 1 aromatic heterocycles. The molecule has 1 amide bonds. The largest absolute Gasteiger partial charge is 0.484 e. The van der Waals surface area contributed by atoms with Crippen molar-refractivity contribution in [1.29, 1.82) is 0 Å². The molecule has 3 aromatic rings. The molecule has 0 radical (unpaired) electrons. The first kappa shape index (κ1) is 18.4. The summed E-state index contributed by atoms with van der Waals surface area (Å²) in [7, 11) is 1.78. The van der Waals surface area contributed by atoms with Crippen molar-refractivity contribution in [2.75, 3.05) is 13.7 Å². The second-order valence-corrected chi connectivity index (χ2v) is 8.50. The monoisotopic (exact) mass is 368 g/mol. The Balaban J connectivity index is 1.55. The van der Waals surface area contributed by atoms with Crippen LogP contribution in [0.3, 0.4) is 0 Å². The molecule has 3 rings (SSSR count). The number of hydrogen-bond acceptors (Lipinski definition) is 4. The first-order valence-electron chi connectivity index (χ1n) is 8.65. The van der Waals surface area contributed by atoms with Gasteiger partial charge in [-0.25, -0.2) is 4.98 Å². The van der Waals surface area contributed by atoms with Gasteiger partial charge in [0.2, 0.25) is 0 Å². The minimum Gasteiger partial charge on any atom is -0.484 e. The summed E-state index contributed by atoms with van der Waals surface area (Å²) in [6.45, 7) is 7.02. The van der Waals surface area contributed by atoms with Gasteiger partial charge in [-0.3, -0.25) is 4.79 Å². The maximum absolute atomic E-state index is 12.3. The van der Waals surface area contributed by atoms with Crippen molar-refractivity contribution in [3.05, 3.63) is 59.1 Å². The summed E-state index contributed by atoms with van der Waals surface area (Å²) in [5, 5.41) is 0.927. The summed E-state index contributed by atoms with van der Waals surface area (Å²) in [6.07, 6.45) is 0. The van der Waals surface area contributed by atoms with Crippen molar-refractivity contribution in [3.63, 3.8) is 0 Å². The third-order valence-corrected chi connectivity index (χ3v) is 5.24. The number of ether oxygens (including phenoxy) is 1. The summed E-state index contributed by atoms with van der Waals surface area (Å²) in [4.78, 5) is 18.6. The molecule has 26 heavy (non-hydrogen) atoms. The number of nitrogens with zero attached hydrogens (tertiary/aromatic N) is 2. The zero-order chi connectivity index (χ0) is 18.7. The van der Waals surface area contributed by atoms with Crippen molar-refractivity contribution in [2.24, 2.45) is 0 Å². The predicted octanol–water partition coefficient (Wildman–Crippen LogP) is 4.63. The van der Waals surface area contributed by atoms with Crippen LogP contribution < -0.4 is 4.74 Å². The number of para-hydroxylation sites is 1. The number of carbonyl (C=O) groups is 1. The highest BCUT2D eigenvalue weighted by Gasteiger charge is 2.15. The number of carbonyl (C=O) groups excluding carboxylic acids is 1. The average Bonchev–Trinajstić information content (AvgIpc) is 3.01. The van der Waals surface area contributed by atoms with Crippen molar-refractivity contribution < 1.29 is 9.53 Å². The van der Waals surface area contributed by atoms with Gasteiger partial charge in [-0.15, -0.1) is 11.3 Å². The van der Waals surface area contributed by atoms with Crippen molar-refractivity contribution in [3.8, 4) is 5.75 Å². The molecule has 0 saturated heterocycles. The van der Waals surface area contributed by atoms with Gasteiger partial charge in [0.1, 0.15) is 10.8 Å². The maximum atomic E-state index is 12.3. The van der Waals surface area contributed by atoms with E-state index in [-0.39, 0.29) is 17.9 Å². The van der Waals surface area contributed by atoms with E-state index in [2.05, 4.69) is 25.8 Å². The van der Waals surface area contributed by atoms with Crippen LogP contribution in [-0.2, 0) is 16.8 Å². The number of rotatable bonds is 5. The van der Waals surface area contributed by atoms with E-state index in [1.807, 2.05) is 48.5 Å². The van der Waals surface area contributed by atoms with E-state index < -0.39 is 0 Å². The fourth-order valence-electron chi connectivity index (χ4n) is 2.59. The average molecular weight is 369 g/mol. The summed E-state index contributed by atoms with van der Waals surface area (Å²) in [5.74, 6) is 0.642. The van der Waals surface area contributed by atoms with Crippen molar-refractivity contribution in [1.82, 2.24) is 9.88 Å². The molecule has 136 valence electrons. The highest BCUT2D eigenvalue weighted by molar-refractivity contribution is 7.18. The van der Waals surface area contributed by atoms with Gasteiger partial charge in [0.15, 0.2) is 6.61 Å². The highest BCUT2D eigenvalue weighted by Crippen LogP contribution is 2.24. The van der Waals surface area contributed by atoms with E-state index in [0.29, 0.717) is 12.3 Å². The molecule has 2 aromatic carbocycles. The molecule has 0 saturated carbocycles. The van der Waals surface area contributed by atoms with E-state index in [1.54, 1.807) is 23.3 Å². The Labute approximate surface area is 158 Å². The predicted molar refractivity (Wildman–Crippen MR) is 107 cm³/mol. The van der Waals surface area contributed by atoms with Gasteiger partial charge in [0.25, 0.3) is 5.91 Å². The van der Waals surface area contributed by atoms with Crippen molar-refractivity contribution in [2.45, 2.75) is 32.7 Å². The second-order valence-electron chi connectivity index (χ2n) is 7.39. The van der Waals surface area contributed by atoms with Gasteiger partial charge in [-0.1, -0.05) is 45.0 Å². The number of likely N-dealkylation sites (N-methyl/N-ethyl adjacent to an activating group) is 1. The molecular formula is C21H24N2O2S. The molecule has 0 aliphatic carbocycles. The summed E-state index contributed by atoms with van der Waals surface area (Å²) >= 11 is 1.62. The summed E-state index contributed by atoms with van der Waals surface area (Å²) in [5.41, 5.74) is 2.32. The fraction of sp³-hybridized carbons (Fsp3) is 0.333. The van der Waals surface area contributed by atoms with Gasteiger partial charge >= 0.3 is 0 Å². The van der Waals surface area contributed by atoms with E-state index in [0.717, 1.165) is 15.2 Å². The Kier molecular flexibility index (Phi) is 5.28. The van der Waals surface area contributed by atoms with E-state index in [1.165, 1.54) is 5.56 Å². The Bertz CT molecular complexity index is 861. The Morgan fingerprint density at radius 2 is 1.81 bits per heavy atom. The Morgan fingerprint density at radius 3 is 2.46 bits per heavy atom. The standard InChI is InChI=1S/C21H24N2O2S/c1-21(2,3)15-9-11-16(12-10-15)25-14-20(24)23(4)13-19-22-17-7-5-6-8-18(17)26-19/h5-12H,13-14H2,1-4H3. The minimum absolute atomic E-state index is 0.0241. The maximum Gasteiger partial charge on any atom is 0.260 e. The van der Waals surface area contributed by atoms with E-state index in [9.17, 15) is 4.79 Å². The van der Waals surface area contributed by atoms with Crippen LogP contribution in [0.15, 0.2) is 48.5 Å². The zero-order valence-corrected chi connectivity index (χ0v) is 16.5. The molecular weight excluding hydrogens is 344 g/mol. The quantitative estimate of drug-likeness (QED) is 0.659. The lowest BCUT2D eigenvalue weighted by atomic mass is 9.87. The van der Waals surface area contributed by atoms with Crippen LogP contribution in [0.4, 0.5) is 0 Å². The lowest BCUT2D eigenvalue weighted by Crippen LogP contribution is -2.30. The topological polar surface area (TPSA) is 42.4 Å². The van der Waals surface area contributed by atoms with Gasteiger partial charge in [0, 0.05) is 7.05 Å². The second kappa shape index (κ2) is 7.46. The summed E-state index contributed by atoms with van der Waals surface area (Å²) < 4.78 is 6.78. The molecule has 4 nitrogen and oxygen atoms in total. The van der Waals surface area contributed by atoms with Gasteiger partial charge in [-0.2, -0.15) is 0 Å². The van der Waals surface area contributed by atoms with Gasteiger partial charge in [0.05, 0.1) is 16.8 Å². The van der Waals surface area contributed by atoms with Gasteiger partial charge in [-0.05, 0) is 35.2 Å². The number of amides is 1. The smallest absolute Gasteiger partial charge is 0.260 e. The van der Waals surface area contributed by atoms with E-state index in [4.69, 9.17) is 4.74 Å². The van der Waals surface area contributed by atoms with E-state index >= 15 is 0 Å². The Hall–Kier alpha value is -2.40. The van der Waals surface area contributed by atoms with Crippen LogP contribution >= 0.6 is 11.3 Å². The minimum atomic E-state index is -0.0656. The van der Waals surface area contributed by atoms with Crippen LogP contribution in [0, 0.1) is 0 Å². The third-order valence-electron chi connectivity index (χ3n) is 4.22. The first-order valence-corrected chi connectivity index (χ1v) is 9.46. The number of benzene rings is 2. The molecule has 0 unspecified atom stereocenters. The molecule has 0 aliphatic rings. The Morgan fingerprint density at radius 1 is 1.12 bits per heavy atom. The first-order chi connectivity index (χ1) is 12.3. The third kappa shape index (κ3) is 4.41. The number of aromatic nitrogens is 1. The zero-order valence-electron chi connectivity index (χ0n) is 15.7. The molecule has 0 spiro atoms. The summed E-state index contributed by atoms with van der Waals surface area (Å²) in [6, 6.07) is 15.9. The van der Waals surface area contributed by atoms with Crippen LogP contribution in [0.2, 0.25) is 0 Å². The van der Waals surface area contributed by atoms with Crippen molar-refractivity contribution >= 4 is 27.5 Å². The lowest BCUT2D eigenvalue weighted by Gasteiger charge is -2.19. The molecule has 0 aliphatic heterocycles. The van der Waals surface area contributed by atoms with Crippen LogP contribution in [0.1, 0.15) is 31.3 Å². The fourth-order valence-corrected chi connectivity index (χ4v) is 3.61. The molecule has 0 atom stereocenters. The lowest BCUT2D eigenvalue weighted by molar-refractivity contribution is -0.132. The highest BCUT2D eigenvalue weighted by atomic mass is 32.1. The number of fused-ring (bicyclic) bond motifs is 1. The van der Waals surface area contributed by atoms with Crippen LogP contribution in [0.25, 0.3) is 10.2 Å². The molecule has 0 bridgehead atoms. The molecule has 1 heterocycles. The molecule has 5 heteroatoms.